The first-order valence-electron chi connectivity index (χ1n) is 8.76. The summed E-state index contributed by atoms with van der Waals surface area (Å²) in [5, 5.41) is 18.5. The summed E-state index contributed by atoms with van der Waals surface area (Å²) in [6, 6.07) is 0. The van der Waals surface area contributed by atoms with Gasteiger partial charge in [0.05, 0.1) is 6.10 Å². The number of rotatable bonds is 15. The van der Waals surface area contributed by atoms with Gasteiger partial charge in [-0.3, -0.25) is 4.79 Å². The summed E-state index contributed by atoms with van der Waals surface area (Å²) in [7, 11) is 0. The van der Waals surface area contributed by atoms with Crippen LogP contribution in [0.5, 0.6) is 0 Å². The maximum Gasteiger partial charge on any atom is 0.303 e. The molecule has 0 saturated heterocycles. The largest absolute Gasteiger partial charge is 0.481 e. The number of carboxylic acid groups (broad SMARTS) is 1. The summed E-state index contributed by atoms with van der Waals surface area (Å²) in [5.41, 5.74) is 0. The lowest BCUT2D eigenvalue weighted by Gasteiger charge is -2.15. The smallest absolute Gasteiger partial charge is 0.303 e. The molecule has 0 fully saturated rings. The summed E-state index contributed by atoms with van der Waals surface area (Å²) < 4.78 is 0. The molecule has 0 aliphatic carbocycles. The maximum absolute atomic E-state index is 10.4. The monoisotopic (exact) mass is 376 g/mol. The van der Waals surface area contributed by atoms with Gasteiger partial charge in [-0.25, -0.2) is 0 Å². The lowest BCUT2D eigenvalue weighted by atomic mass is 10.1. The fraction of sp³-hybridized carbons (Fsp3) is 0.833. The van der Waals surface area contributed by atoms with E-state index in [1.54, 1.807) is 0 Å². The number of halogens is 1. The van der Waals surface area contributed by atoms with Crippen molar-refractivity contribution in [2.24, 2.45) is 0 Å². The van der Waals surface area contributed by atoms with Crippen LogP contribution in [0.4, 0.5) is 0 Å². The van der Waals surface area contributed by atoms with Gasteiger partial charge in [-0.1, -0.05) is 73.5 Å². The molecule has 130 valence electrons. The molecule has 2 N–H and O–H groups in total. The zero-order valence-corrected chi connectivity index (χ0v) is 15.6. The van der Waals surface area contributed by atoms with Gasteiger partial charge in [0.2, 0.25) is 0 Å². The van der Waals surface area contributed by atoms with E-state index in [2.05, 4.69) is 35.0 Å². The quantitative estimate of drug-likeness (QED) is 0.227. The zero-order valence-electron chi connectivity index (χ0n) is 14.0. The molecule has 3 nitrogen and oxygen atoms in total. The SMILES string of the molecule is CCCCC[C@@H](O)[C@H](Br)C/C=C\CCCCCCCC(=O)O. The topological polar surface area (TPSA) is 57.5 Å². The van der Waals surface area contributed by atoms with Crippen molar-refractivity contribution in [3.63, 3.8) is 0 Å². The van der Waals surface area contributed by atoms with Crippen LogP contribution in [0.15, 0.2) is 12.2 Å². The lowest BCUT2D eigenvalue weighted by molar-refractivity contribution is -0.137. The molecule has 0 spiro atoms. The molecule has 0 aromatic heterocycles. The Hall–Kier alpha value is -0.350. The number of unbranched alkanes of at least 4 members (excludes halogenated alkanes) is 7. The van der Waals surface area contributed by atoms with Crippen molar-refractivity contribution in [2.75, 3.05) is 0 Å². The van der Waals surface area contributed by atoms with Gasteiger partial charge in [-0.15, -0.1) is 0 Å². The highest BCUT2D eigenvalue weighted by atomic mass is 79.9. The second kappa shape index (κ2) is 15.5. The van der Waals surface area contributed by atoms with E-state index in [1.165, 1.54) is 19.3 Å². The minimum Gasteiger partial charge on any atom is -0.481 e. The Labute approximate surface area is 144 Å². The van der Waals surface area contributed by atoms with Crippen molar-refractivity contribution in [3.8, 4) is 0 Å². The summed E-state index contributed by atoms with van der Waals surface area (Å²) in [6.07, 6.45) is 16.0. The summed E-state index contributed by atoms with van der Waals surface area (Å²) in [6.45, 7) is 2.17. The first-order chi connectivity index (χ1) is 10.6. The molecule has 0 aromatic rings. The molecule has 0 bridgehead atoms. The van der Waals surface area contributed by atoms with Crippen LogP contribution < -0.4 is 0 Å². The van der Waals surface area contributed by atoms with Crippen LogP contribution in [0.2, 0.25) is 0 Å². The molecule has 0 aliphatic rings. The first kappa shape index (κ1) is 21.6. The highest BCUT2D eigenvalue weighted by Crippen LogP contribution is 2.17. The van der Waals surface area contributed by atoms with E-state index in [9.17, 15) is 9.90 Å². The van der Waals surface area contributed by atoms with Gasteiger partial charge < -0.3 is 10.2 Å². The third-order valence-electron chi connectivity index (χ3n) is 3.81. The van der Waals surface area contributed by atoms with Crippen molar-refractivity contribution in [1.82, 2.24) is 0 Å². The Morgan fingerprint density at radius 3 is 2.41 bits per heavy atom. The van der Waals surface area contributed by atoms with E-state index < -0.39 is 5.97 Å². The van der Waals surface area contributed by atoms with Crippen molar-refractivity contribution < 1.29 is 15.0 Å². The third kappa shape index (κ3) is 14.6. The fourth-order valence-corrected chi connectivity index (χ4v) is 2.83. The standard InChI is InChI=1S/C18H33BrO3/c1-2-3-10-14-17(20)16(19)13-11-8-6-4-5-7-9-12-15-18(21)22/h8,11,16-17,20H,2-7,9-10,12-15H2,1H3,(H,21,22)/b11-8-/t16-,17-/m1/s1. The predicted molar refractivity (Wildman–Crippen MR) is 96.6 cm³/mol. The van der Waals surface area contributed by atoms with E-state index in [-0.39, 0.29) is 10.9 Å². The Morgan fingerprint density at radius 1 is 1.05 bits per heavy atom. The second-order valence-electron chi connectivity index (χ2n) is 5.99. The average molecular weight is 377 g/mol. The third-order valence-corrected chi connectivity index (χ3v) is 4.79. The van der Waals surface area contributed by atoms with Crippen molar-refractivity contribution in [2.45, 2.75) is 94.9 Å². The van der Waals surface area contributed by atoms with Gasteiger partial charge in [-0.05, 0) is 32.1 Å². The van der Waals surface area contributed by atoms with Gasteiger partial charge in [0.1, 0.15) is 0 Å². The molecule has 0 saturated carbocycles. The van der Waals surface area contributed by atoms with E-state index in [4.69, 9.17) is 5.11 Å². The van der Waals surface area contributed by atoms with Crippen molar-refractivity contribution in [3.05, 3.63) is 12.2 Å². The van der Waals surface area contributed by atoms with Gasteiger partial charge in [-0.2, -0.15) is 0 Å². The van der Waals surface area contributed by atoms with E-state index in [1.807, 2.05) is 0 Å². The number of allylic oxidation sites excluding steroid dienone is 2. The minimum absolute atomic E-state index is 0.164. The Morgan fingerprint density at radius 2 is 1.73 bits per heavy atom. The highest BCUT2D eigenvalue weighted by molar-refractivity contribution is 9.09. The molecule has 2 atom stereocenters. The maximum atomic E-state index is 10.4. The first-order valence-corrected chi connectivity index (χ1v) is 9.68. The van der Waals surface area contributed by atoms with E-state index in [0.29, 0.717) is 6.42 Å². The van der Waals surface area contributed by atoms with Crippen LogP contribution in [0.3, 0.4) is 0 Å². The van der Waals surface area contributed by atoms with Crippen LogP contribution in [0.25, 0.3) is 0 Å². The van der Waals surface area contributed by atoms with Gasteiger partial charge in [0.25, 0.3) is 0 Å². The van der Waals surface area contributed by atoms with Crippen LogP contribution >= 0.6 is 15.9 Å². The van der Waals surface area contributed by atoms with Gasteiger partial charge in [0, 0.05) is 11.2 Å². The molecule has 0 radical (unpaired) electrons. The molecule has 22 heavy (non-hydrogen) atoms. The molecule has 4 heteroatoms. The summed E-state index contributed by atoms with van der Waals surface area (Å²) in [5.74, 6) is -0.691. The summed E-state index contributed by atoms with van der Waals surface area (Å²) in [4.78, 5) is 10.5. The van der Waals surface area contributed by atoms with Gasteiger partial charge >= 0.3 is 5.97 Å². The highest BCUT2D eigenvalue weighted by Gasteiger charge is 2.13. The normalized spacial score (nSPS) is 14.3. The molecule has 0 heterocycles. The number of aliphatic carboxylic acids is 1. The number of aliphatic hydroxyl groups excluding tert-OH is 1. The van der Waals surface area contributed by atoms with Crippen LogP contribution in [-0.4, -0.2) is 27.1 Å². The number of hydrogen-bond acceptors (Lipinski definition) is 2. The lowest BCUT2D eigenvalue weighted by Crippen LogP contribution is -2.19. The number of aliphatic hydroxyl groups is 1. The molecule has 0 amide bonds. The average Bonchev–Trinajstić information content (AvgIpc) is 2.48. The van der Waals surface area contributed by atoms with Crippen LogP contribution in [0.1, 0.15) is 84.0 Å². The Balaban J connectivity index is 3.43. The Bertz CT molecular complexity index is 292. The molecule has 0 aromatic carbocycles. The second-order valence-corrected chi connectivity index (χ2v) is 7.16. The summed E-state index contributed by atoms with van der Waals surface area (Å²) >= 11 is 3.57. The van der Waals surface area contributed by atoms with E-state index in [0.717, 1.165) is 51.4 Å². The molecule has 0 aliphatic heterocycles. The minimum atomic E-state index is -0.691. The number of carbonyl (C=O) groups is 1. The Kier molecular flexibility index (Phi) is 15.3. The van der Waals surface area contributed by atoms with Crippen LogP contribution in [0, 0.1) is 0 Å². The van der Waals surface area contributed by atoms with Crippen molar-refractivity contribution in [1.29, 1.82) is 0 Å². The fourth-order valence-electron chi connectivity index (χ4n) is 2.35. The van der Waals surface area contributed by atoms with Gasteiger partial charge in [0.15, 0.2) is 0 Å². The number of hydrogen-bond donors (Lipinski definition) is 2. The molecular formula is C18H33BrO3. The zero-order chi connectivity index (χ0) is 16.6. The van der Waals surface area contributed by atoms with E-state index >= 15 is 0 Å². The molecule has 0 unspecified atom stereocenters. The van der Waals surface area contributed by atoms with Crippen molar-refractivity contribution >= 4 is 21.9 Å². The number of alkyl halides is 1. The predicted octanol–water partition coefficient (Wildman–Crippen LogP) is 5.45. The molecule has 0 rings (SSSR count). The van der Waals surface area contributed by atoms with Crippen LogP contribution in [-0.2, 0) is 4.79 Å². The number of carboxylic acids is 1. The molecular weight excluding hydrogens is 344 g/mol.